The average molecular weight is 376 g/mol. The predicted octanol–water partition coefficient (Wildman–Crippen LogP) is 3.64. The van der Waals surface area contributed by atoms with Gasteiger partial charge in [-0.25, -0.2) is 4.98 Å². The van der Waals surface area contributed by atoms with Crippen molar-refractivity contribution in [3.8, 4) is 0 Å². The van der Waals surface area contributed by atoms with E-state index in [1.54, 1.807) is 18.9 Å². The molecule has 0 N–H and O–H groups in total. The number of hydrogen-bond donors (Lipinski definition) is 0. The summed E-state index contributed by atoms with van der Waals surface area (Å²) in [6, 6.07) is 7.68. The first-order valence-corrected chi connectivity index (χ1v) is 9.97. The molecular weight excluding hydrogens is 352 g/mol. The lowest BCUT2D eigenvalue weighted by Gasteiger charge is -2.32. The molecule has 0 aliphatic heterocycles. The lowest BCUT2D eigenvalue weighted by atomic mass is 9.94. The van der Waals surface area contributed by atoms with Crippen molar-refractivity contribution in [3.63, 3.8) is 0 Å². The van der Waals surface area contributed by atoms with Gasteiger partial charge in [-0.1, -0.05) is 43.2 Å². The van der Waals surface area contributed by atoms with Gasteiger partial charge in [0.25, 0.3) is 11.1 Å². The summed E-state index contributed by atoms with van der Waals surface area (Å²) in [6.07, 6.45) is 4.80. The Hall–Kier alpha value is -2.02. The third-order valence-corrected chi connectivity index (χ3v) is 5.52. The number of carbonyl (C=O) groups is 2. The first-order valence-electron chi connectivity index (χ1n) is 8.99. The first-order chi connectivity index (χ1) is 12.5. The summed E-state index contributed by atoms with van der Waals surface area (Å²) in [5, 5.41) is 0.418. The van der Waals surface area contributed by atoms with Gasteiger partial charge < -0.3 is 14.1 Å². The lowest BCUT2D eigenvalue weighted by Crippen LogP contribution is -2.44. The fraction of sp³-hybridized carbons (Fsp3) is 0.526. The van der Waals surface area contributed by atoms with Gasteiger partial charge in [0.1, 0.15) is 11.3 Å². The number of amides is 1. The zero-order chi connectivity index (χ0) is 18.5. The molecule has 1 aromatic heterocycles. The van der Waals surface area contributed by atoms with Crippen LogP contribution in [-0.4, -0.2) is 46.7 Å². The maximum Gasteiger partial charge on any atom is 0.317 e. The van der Waals surface area contributed by atoms with Gasteiger partial charge in [0.2, 0.25) is 0 Å². The molecule has 1 heterocycles. The molecule has 7 heteroatoms. The lowest BCUT2D eigenvalue weighted by molar-refractivity contribution is -0.157. The van der Waals surface area contributed by atoms with Gasteiger partial charge in [-0.05, 0) is 31.9 Å². The van der Waals surface area contributed by atoms with Gasteiger partial charge in [0, 0.05) is 13.1 Å². The van der Waals surface area contributed by atoms with E-state index in [0.29, 0.717) is 10.8 Å². The molecule has 1 aromatic carbocycles. The molecule has 1 fully saturated rings. The van der Waals surface area contributed by atoms with Gasteiger partial charge in [0.05, 0.1) is 0 Å². The van der Waals surface area contributed by atoms with Crippen molar-refractivity contribution >= 4 is 34.7 Å². The van der Waals surface area contributed by atoms with Crippen molar-refractivity contribution in [2.45, 2.75) is 56.4 Å². The van der Waals surface area contributed by atoms with Crippen molar-refractivity contribution in [3.05, 3.63) is 24.3 Å². The molecule has 0 unspecified atom stereocenters. The number of nitrogens with zero attached hydrogens (tertiary/aromatic N) is 2. The number of likely N-dealkylation sites (N-methyl/N-ethyl adjacent to an activating group) is 1. The summed E-state index contributed by atoms with van der Waals surface area (Å²) >= 11 is 1.17. The van der Waals surface area contributed by atoms with E-state index >= 15 is 0 Å². The molecule has 3 rings (SSSR count). The van der Waals surface area contributed by atoms with E-state index < -0.39 is 12.1 Å². The van der Waals surface area contributed by atoms with E-state index in [2.05, 4.69) is 4.98 Å². The number of benzene rings is 1. The third kappa shape index (κ3) is 4.58. The van der Waals surface area contributed by atoms with Crippen molar-refractivity contribution in [1.82, 2.24) is 9.88 Å². The Morgan fingerprint density at radius 3 is 2.77 bits per heavy atom. The summed E-state index contributed by atoms with van der Waals surface area (Å²) in [4.78, 5) is 30.6. The number of oxazole rings is 1. The first kappa shape index (κ1) is 18.8. The highest BCUT2D eigenvalue weighted by Crippen LogP contribution is 2.24. The van der Waals surface area contributed by atoms with Gasteiger partial charge in [-0.2, -0.15) is 0 Å². The van der Waals surface area contributed by atoms with E-state index in [9.17, 15) is 9.59 Å². The zero-order valence-electron chi connectivity index (χ0n) is 15.1. The van der Waals surface area contributed by atoms with Crippen LogP contribution in [0.2, 0.25) is 0 Å². The van der Waals surface area contributed by atoms with E-state index in [1.165, 1.54) is 18.2 Å². The number of rotatable bonds is 6. The van der Waals surface area contributed by atoms with Crippen LogP contribution in [0.4, 0.5) is 0 Å². The van der Waals surface area contributed by atoms with E-state index in [0.717, 1.165) is 31.2 Å². The highest BCUT2D eigenvalue weighted by atomic mass is 32.2. The molecule has 6 nitrogen and oxygen atoms in total. The molecule has 1 aliphatic carbocycles. The van der Waals surface area contributed by atoms with Crippen LogP contribution in [0.5, 0.6) is 0 Å². The Balaban J connectivity index is 1.48. The normalized spacial score (nSPS) is 16.4. The van der Waals surface area contributed by atoms with Crippen LogP contribution in [0.25, 0.3) is 11.1 Å². The highest BCUT2D eigenvalue weighted by molar-refractivity contribution is 7.99. The van der Waals surface area contributed by atoms with E-state index in [-0.39, 0.29) is 17.7 Å². The van der Waals surface area contributed by atoms with Crippen LogP contribution in [-0.2, 0) is 14.3 Å². The topological polar surface area (TPSA) is 72.6 Å². The second-order valence-corrected chi connectivity index (χ2v) is 7.54. The molecule has 0 bridgehead atoms. The quantitative estimate of drug-likeness (QED) is 0.566. The maximum atomic E-state index is 12.5. The SMILES string of the molecule is C[C@@H](OC(=O)CSc1nc2ccccc2o1)C(=O)N(C)C1CCCCC1. The number of esters is 1. The summed E-state index contributed by atoms with van der Waals surface area (Å²) in [7, 11) is 1.80. The molecule has 26 heavy (non-hydrogen) atoms. The van der Waals surface area contributed by atoms with E-state index in [4.69, 9.17) is 9.15 Å². The van der Waals surface area contributed by atoms with Crippen LogP contribution in [0, 0.1) is 0 Å². The van der Waals surface area contributed by atoms with E-state index in [1.807, 2.05) is 24.3 Å². The zero-order valence-corrected chi connectivity index (χ0v) is 16.0. The Kier molecular flexibility index (Phi) is 6.19. The standard InChI is InChI=1S/C19H24N2O4S/c1-13(18(23)21(2)14-8-4-3-5-9-14)24-17(22)12-26-19-20-15-10-6-7-11-16(15)25-19/h6-7,10-11,13-14H,3-5,8-9,12H2,1-2H3/t13-/m1/s1. The fourth-order valence-corrected chi connectivity index (χ4v) is 3.87. The number of carbonyl (C=O) groups excluding carboxylic acids is 2. The van der Waals surface area contributed by atoms with Crippen molar-refractivity contribution in [2.24, 2.45) is 0 Å². The molecule has 1 saturated carbocycles. The van der Waals surface area contributed by atoms with Gasteiger partial charge in [0.15, 0.2) is 11.7 Å². The minimum Gasteiger partial charge on any atom is -0.452 e. The van der Waals surface area contributed by atoms with Gasteiger partial charge >= 0.3 is 5.97 Å². The number of hydrogen-bond acceptors (Lipinski definition) is 6. The van der Waals surface area contributed by atoms with Gasteiger partial charge in [-0.15, -0.1) is 0 Å². The van der Waals surface area contributed by atoms with Gasteiger partial charge in [-0.3, -0.25) is 9.59 Å². The van der Waals surface area contributed by atoms with Crippen LogP contribution < -0.4 is 0 Å². The fourth-order valence-electron chi connectivity index (χ4n) is 3.25. The minimum absolute atomic E-state index is 0.0532. The predicted molar refractivity (Wildman–Crippen MR) is 99.9 cm³/mol. The molecule has 140 valence electrons. The summed E-state index contributed by atoms with van der Waals surface area (Å²) in [6.45, 7) is 1.63. The Morgan fingerprint density at radius 2 is 2.04 bits per heavy atom. The molecule has 0 saturated heterocycles. The minimum atomic E-state index is -0.779. The van der Waals surface area contributed by atoms with Crippen LogP contribution in [0.3, 0.4) is 0 Å². The number of ether oxygens (including phenoxy) is 1. The van der Waals surface area contributed by atoms with Crippen molar-refractivity contribution in [1.29, 1.82) is 0 Å². The summed E-state index contributed by atoms with van der Waals surface area (Å²) in [5.41, 5.74) is 1.43. The van der Waals surface area contributed by atoms with Crippen LogP contribution in [0.15, 0.2) is 33.9 Å². The maximum absolute atomic E-state index is 12.5. The Labute approximate surface area is 157 Å². The highest BCUT2D eigenvalue weighted by Gasteiger charge is 2.27. The molecule has 1 atom stereocenters. The molecule has 1 amide bonds. The van der Waals surface area contributed by atoms with Crippen LogP contribution in [0.1, 0.15) is 39.0 Å². The molecule has 0 spiro atoms. The smallest absolute Gasteiger partial charge is 0.317 e. The summed E-state index contributed by atoms with van der Waals surface area (Å²) < 4.78 is 10.9. The number of fused-ring (bicyclic) bond motifs is 1. The second-order valence-electron chi connectivity index (χ2n) is 6.61. The molecule has 0 radical (unpaired) electrons. The third-order valence-electron chi connectivity index (χ3n) is 4.71. The van der Waals surface area contributed by atoms with Crippen LogP contribution >= 0.6 is 11.8 Å². The summed E-state index contributed by atoms with van der Waals surface area (Å²) in [5.74, 6) is -0.537. The Bertz CT molecular complexity index is 737. The number of thioether (sulfide) groups is 1. The number of aromatic nitrogens is 1. The Morgan fingerprint density at radius 1 is 1.31 bits per heavy atom. The van der Waals surface area contributed by atoms with Crippen molar-refractivity contribution in [2.75, 3.05) is 12.8 Å². The molecular formula is C19H24N2O4S. The average Bonchev–Trinajstić information content (AvgIpc) is 3.09. The molecule has 1 aliphatic rings. The monoisotopic (exact) mass is 376 g/mol. The second kappa shape index (κ2) is 8.58. The van der Waals surface area contributed by atoms with Crippen molar-refractivity contribution < 1.29 is 18.7 Å². The number of para-hydroxylation sites is 2. The molecule has 2 aromatic rings. The largest absolute Gasteiger partial charge is 0.452 e.